The minimum atomic E-state index is -0.466. The molecule has 1 heterocycles. The van der Waals surface area contributed by atoms with Gasteiger partial charge in [-0.1, -0.05) is 0 Å². The molecule has 1 fully saturated rings. The number of methoxy groups -OCH3 is 2. The number of pyridine rings is 1. The van der Waals surface area contributed by atoms with Crippen molar-refractivity contribution in [3.63, 3.8) is 0 Å². The molecule has 2 rings (SSSR count). The molecule has 0 aromatic carbocycles. The van der Waals surface area contributed by atoms with E-state index in [1.54, 1.807) is 25.5 Å². The number of hydrogen-bond donors (Lipinski definition) is 0. The van der Waals surface area contributed by atoms with Gasteiger partial charge in [0.1, 0.15) is 11.3 Å². The van der Waals surface area contributed by atoms with E-state index in [0.717, 1.165) is 18.4 Å². The molecule has 0 radical (unpaired) electrons. The lowest BCUT2D eigenvalue weighted by atomic mass is 10.1. The van der Waals surface area contributed by atoms with Crippen LogP contribution in [-0.4, -0.2) is 25.3 Å². The molecule has 16 heavy (non-hydrogen) atoms. The zero-order chi connectivity index (χ0) is 11.6. The number of hydrogen-bond acceptors (Lipinski definition) is 5. The van der Waals surface area contributed by atoms with Gasteiger partial charge in [-0.2, -0.15) is 4.99 Å². The lowest BCUT2D eigenvalue weighted by Gasteiger charge is -2.13. The molecule has 0 unspecified atom stereocenters. The molecule has 1 aromatic rings. The Morgan fingerprint density at radius 2 is 2.19 bits per heavy atom. The van der Waals surface area contributed by atoms with Crippen molar-refractivity contribution in [3.8, 4) is 11.6 Å². The molecule has 0 saturated heterocycles. The number of carbonyl (C=O) groups excluding carboxylic acids is 1. The van der Waals surface area contributed by atoms with Crippen LogP contribution in [0.3, 0.4) is 0 Å². The predicted octanol–water partition coefficient (Wildman–Crippen LogP) is 1.42. The Balaban J connectivity index is 2.45. The molecule has 0 bridgehead atoms. The van der Waals surface area contributed by atoms with Crippen molar-refractivity contribution in [2.45, 2.75) is 18.4 Å². The average molecular weight is 220 g/mol. The maximum absolute atomic E-state index is 10.4. The zero-order valence-corrected chi connectivity index (χ0v) is 9.19. The molecule has 0 atom stereocenters. The standard InChI is InChI=1S/C11H12N2O3/c1-15-9-5-10(16-2)12-6-8(9)11(3-4-11)13-7-14/h5-6H,3-4H2,1-2H3. The number of isocyanates is 1. The quantitative estimate of drug-likeness (QED) is 0.568. The van der Waals surface area contributed by atoms with Crippen LogP contribution in [0.4, 0.5) is 0 Å². The molecule has 1 aliphatic rings. The van der Waals surface area contributed by atoms with Crippen molar-refractivity contribution in [1.29, 1.82) is 0 Å². The van der Waals surface area contributed by atoms with E-state index in [1.165, 1.54) is 7.11 Å². The van der Waals surface area contributed by atoms with Gasteiger partial charge in [0.2, 0.25) is 12.0 Å². The third kappa shape index (κ3) is 1.66. The van der Waals surface area contributed by atoms with Gasteiger partial charge in [0, 0.05) is 17.8 Å². The maximum atomic E-state index is 10.4. The van der Waals surface area contributed by atoms with Crippen LogP contribution in [0.1, 0.15) is 18.4 Å². The highest BCUT2D eigenvalue weighted by Gasteiger charge is 2.47. The van der Waals surface area contributed by atoms with Gasteiger partial charge in [-0.15, -0.1) is 0 Å². The topological polar surface area (TPSA) is 60.8 Å². The van der Waals surface area contributed by atoms with E-state index in [2.05, 4.69) is 9.98 Å². The smallest absolute Gasteiger partial charge is 0.235 e. The lowest BCUT2D eigenvalue weighted by molar-refractivity contribution is 0.376. The molecule has 0 aliphatic heterocycles. The minimum absolute atomic E-state index is 0.466. The fourth-order valence-electron chi connectivity index (χ4n) is 1.70. The fraction of sp³-hybridized carbons (Fsp3) is 0.455. The Kier molecular flexibility index (Phi) is 2.62. The van der Waals surface area contributed by atoms with Crippen molar-refractivity contribution in [2.75, 3.05) is 14.2 Å². The molecule has 1 aromatic heterocycles. The molecular formula is C11H12N2O3. The first-order chi connectivity index (χ1) is 7.75. The normalized spacial score (nSPS) is 16.1. The van der Waals surface area contributed by atoms with Gasteiger partial charge in [-0.05, 0) is 12.8 Å². The van der Waals surface area contributed by atoms with E-state index >= 15 is 0 Å². The van der Waals surface area contributed by atoms with Gasteiger partial charge in [0.05, 0.1) is 14.2 Å². The number of rotatable bonds is 4. The van der Waals surface area contributed by atoms with Crippen LogP contribution < -0.4 is 9.47 Å². The summed E-state index contributed by atoms with van der Waals surface area (Å²) in [6, 6.07) is 1.69. The summed E-state index contributed by atoms with van der Waals surface area (Å²) >= 11 is 0. The molecule has 0 amide bonds. The third-order valence-electron chi connectivity index (χ3n) is 2.75. The molecular weight excluding hydrogens is 208 g/mol. The van der Waals surface area contributed by atoms with Gasteiger partial charge in [0.25, 0.3) is 0 Å². The number of nitrogens with zero attached hydrogens (tertiary/aromatic N) is 2. The summed E-state index contributed by atoms with van der Waals surface area (Å²) in [5, 5.41) is 0. The first-order valence-corrected chi connectivity index (χ1v) is 4.93. The van der Waals surface area contributed by atoms with Crippen molar-refractivity contribution < 1.29 is 14.3 Å². The third-order valence-corrected chi connectivity index (χ3v) is 2.75. The molecule has 1 saturated carbocycles. The van der Waals surface area contributed by atoms with E-state index in [9.17, 15) is 4.79 Å². The minimum Gasteiger partial charge on any atom is -0.496 e. The Labute approximate surface area is 93.1 Å². The summed E-state index contributed by atoms with van der Waals surface area (Å²) in [6.07, 6.45) is 4.91. The summed E-state index contributed by atoms with van der Waals surface area (Å²) in [5.41, 5.74) is 0.353. The monoisotopic (exact) mass is 220 g/mol. The second kappa shape index (κ2) is 3.94. The second-order valence-corrected chi connectivity index (χ2v) is 3.66. The summed E-state index contributed by atoms with van der Waals surface area (Å²) in [4.78, 5) is 18.3. The average Bonchev–Trinajstić information content (AvgIpc) is 3.09. The van der Waals surface area contributed by atoms with Crippen molar-refractivity contribution in [2.24, 2.45) is 4.99 Å². The van der Waals surface area contributed by atoms with Crippen LogP contribution in [0.15, 0.2) is 17.3 Å². The second-order valence-electron chi connectivity index (χ2n) is 3.66. The maximum Gasteiger partial charge on any atom is 0.235 e. The van der Waals surface area contributed by atoms with Gasteiger partial charge in [0.15, 0.2) is 0 Å². The molecule has 5 nitrogen and oxygen atoms in total. The molecule has 1 aliphatic carbocycles. The fourth-order valence-corrected chi connectivity index (χ4v) is 1.70. The van der Waals surface area contributed by atoms with Gasteiger partial charge in [-0.3, -0.25) is 0 Å². The molecule has 84 valence electrons. The molecule has 0 N–H and O–H groups in total. The Hall–Kier alpha value is -1.87. The number of aromatic nitrogens is 1. The SMILES string of the molecule is COc1cc(OC)c(C2(N=C=O)CC2)cn1. The summed E-state index contributed by atoms with van der Waals surface area (Å²) in [6.45, 7) is 0. The highest BCUT2D eigenvalue weighted by atomic mass is 16.5. The Morgan fingerprint density at radius 1 is 1.44 bits per heavy atom. The van der Waals surface area contributed by atoms with Crippen LogP contribution in [0.5, 0.6) is 11.6 Å². The number of aliphatic imine (C=N–C) groups is 1. The summed E-state index contributed by atoms with van der Waals surface area (Å²) in [5.74, 6) is 1.12. The molecule has 0 spiro atoms. The van der Waals surface area contributed by atoms with E-state index < -0.39 is 5.54 Å². The van der Waals surface area contributed by atoms with Gasteiger partial charge < -0.3 is 9.47 Å². The Morgan fingerprint density at radius 3 is 2.69 bits per heavy atom. The number of ether oxygens (including phenoxy) is 2. The highest BCUT2D eigenvalue weighted by Crippen LogP contribution is 2.52. The van der Waals surface area contributed by atoms with Crippen LogP contribution in [-0.2, 0) is 10.3 Å². The first kappa shape index (κ1) is 10.6. The van der Waals surface area contributed by atoms with Gasteiger partial charge >= 0.3 is 0 Å². The summed E-state index contributed by atoms with van der Waals surface area (Å²) < 4.78 is 10.3. The first-order valence-electron chi connectivity index (χ1n) is 4.93. The molecule has 5 heteroatoms. The van der Waals surface area contributed by atoms with Crippen LogP contribution in [0, 0.1) is 0 Å². The van der Waals surface area contributed by atoms with Crippen molar-refractivity contribution in [3.05, 3.63) is 17.8 Å². The van der Waals surface area contributed by atoms with E-state index in [4.69, 9.17) is 9.47 Å². The largest absolute Gasteiger partial charge is 0.496 e. The van der Waals surface area contributed by atoms with Crippen molar-refractivity contribution in [1.82, 2.24) is 4.98 Å². The highest BCUT2D eigenvalue weighted by molar-refractivity contribution is 5.47. The van der Waals surface area contributed by atoms with Gasteiger partial charge in [-0.25, -0.2) is 9.78 Å². The van der Waals surface area contributed by atoms with Crippen LogP contribution in [0.25, 0.3) is 0 Å². The van der Waals surface area contributed by atoms with Crippen LogP contribution >= 0.6 is 0 Å². The summed E-state index contributed by atoms with van der Waals surface area (Å²) in [7, 11) is 3.11. The Bertz CT molecular complexity index is 449. The van der Waals surface area contributed by atoms with E-state index in [-0.39, 0.29) is 0 Å². The van der Waals surface area contributed by atoms with E-state index in [1.807, 2.05) is 0 Å². The van der Waals surface area contributed by atoms with E-state index in [0.29, 0.717) is 11.6 Å². The van der Waals surface area contributed by atoms with Crippen molar-refractivity contribution >= 4 is 6.08 Å². The predicted molar refractivity (Wildman–Crippen MR) is 56.4 cm³/mol. The lowest BCUT2D eigenvalue weighted by Crippen LogP contribution is -2.06. The zero-order valence-electron chi connectivity index (χ0n) is 9.19. The van der Waals surface area contributed by atoms with Crippen LogP contribution in [0.2, 0.25) is 0 Å².